The van der Waals surface area contributed by atoms with Crippen LogP contribution < -0.4 is 9.64 Å². The van der Waals surface area contributed by atoms with Crippen LogP contribution in [0.1, 0.15) is 42.0 Å². The van der Waals surface area contributed by atoms with E-state index >= 15 is 0 Å². The molecule has 1 unspecified atom stereocenters. The van der Waals surface area contributed by atoms with Gasteiger partial charge in [0.2, 0.25) is 5.91 Å². The summed E-state index contributed by atoms with van der Waals surface area (Å²) in [7, 11) is 1.86. The molecular formula is C33H40N4O4S. The van der Waals surface area contributed by atoms with E-state index in [9.17, 15) is 14.7 Å². The molecule has 1 saturated carbocycles. The van der Waals surface area contributed by atoms with Crippen LogP contribution in [0, 0.1) is 31.1 Å². The van der Waals surface area contributed by atoms with Crippen LogP contribution in [0.15, 0.2) is 41.8 Å². The number of amides is 1. The molecule has 1 aliphatic carbocycles. The van der Waals surface area contributed by atoms with Crippen molar-refractivity contribution in [2.45, 2.75) is 46.8 Å². The van der Waals surface area contributed by atoms with Crippen LogP contribution in [0.5, 0.6) is 5.75 Å². The van der Waals surface area contributed by atoms with Gasteiger partial charge in [-0.1, -0.05) is 29.8 Å². The number of piperidine rings is 1. The Morgan fingerprint density at radius 2 is 1.88 bits per heavy atom. The van der Waals surface area contributed by atoms with E-state index in [-0.39, 0.29) is 17.7 Å². The third kappa shape index (κ3) is 5.40. The molecule has 3 heterocycles. The number of carboxylic acid groups (broad SMARTS) is 1. The van der Waals surface area contributed by atoms with Crippen molar-refractivity contribution in [3.05, 3.63) is 64.0 Å². The number of thiazole rings is 1. The standard InChI is InChI=1S/C33H40N4O4S/c1-21-5-10-29(41-19-24-7-6-23(14-22(24)2)15-36-12-11-35(4)30(38)18-36)27(13-21)28-20-42-32(34-28)37-16-25-8-9-26(17-37)33(25,3)31(39)40/h5-7,10,13-14,20,25-26H,8-9,11-12,15-19H2,1-4H3,(H,39,40)/t25-,26+,33?. The number of carbonyl (C=O) groups excluding carboxylic acids is 1. The molecule has 2 bridgehead atoms. The number of benzene rings is 2. The Morgan fingerprint density at radius 1 is 1.12 bits per heavy atom. The van der Waals surface area contributed by atoms with Crippen molar-refractivity contribution in [3.8, 4) is 17.0 Å². The molecule has 1 amide bonds. The fourth-order valence-electron chi connectivity index (χ4n) is 6.89. The fraction of sp³-hybridized carbons (Fsp3) is 0.485. The summed E-state index contributed by atoms with van der Waals surface area (Å²) in [4.78, 5) is 35.5. The molecular weight excluding hydrogens is 548 g/mol. The minimum Gasteiger partial charge on any atom is -0.488 e. The number of nitrogens with zero attached hydrogens (tertiary/aromatic N) is 4. The molecule has 2 aromatic carbocycles. The average molecular weight is 589 g/mol. The Morgan fingerprint density at radius 3 is 2.57 bits per heavy atom. The molecule has 2 aliphatic heterocycles. The lowest BCUT2D eigenvalue weighted by Gasteiger charge is -2.42. The van der Waals surface area contributed by atoms with Crippen molar-refractivity contribution in [1.82, 2.24) is 14.8 Å². The van der Waals surface area contributed by atoms with Crippen LogP contribution in [0.3, 0.4) is 0 Å². The van der Waals surface area contributed by atoms with Gasteiger partial charge in [0.05, 0.1) is 17.7 Å². The summed E-state index contributed by atoms with van der Waals surface area (Å²) in [5.74, 6) is 0.616. The van der Waals surface area contributed by atoms with Crippen molar-refractivity contribution < 1.29 is 19.4 Å². The van der Waals surface area contributed by atoms with Gasteiger partial charge in [0.15, 0.2) is 5.13 Å². The van der Waals surface area contributed by atoms with E-state index in [0.717, 1.165) is 78.8 Å². The van der Waals surface area contributed by atoms with Gasteiger partial charge in [-0.3, -0.25) is 14.5 Å². The summed E-state index contributed by atoms with van der Waals surface area (Å²) in [5.41, 5.74) is 5.88. The predicted octanol–water partition coefficient (Wildman–Crippen LogP) is 5.22. The van der Waals surface area contributed by atoms with E-state index < -0.39 is 11.4 Å². The molecule has 1 N–H and O–H groups in total. The lowest BCUT2D eigenvalue weighted by atomic mass is 9.71. The number of aromatic nitrogens is 1. The van der Waals surface area contributed by atoms with Gasteiger partial charge in [-0.15, -0.1) is 11.3 Å². The molecule has 42 heavy (non-hydrogen) atoms. The molecule has 3 aromatic rings. The van der Waals surface area contributed by atoms with Gasteiger partial charge in [-0.25, -0.2) is 4.98 Å². The second-order valence-electron chi connectivity index (χ2n) is 12.6. The van der Waals surface area contributed by atoms with Crippen LogP contribution >= 0.6 is 11.3 Å². The Kier molecular flexibility index (Phi) is 7.74. The zero-order valence-electron chi connectivity index (χ0n) is 24.9. The third-order valence-electron chi connectivity index (χ3n) is 9.81. The van der Waals surface area contributed by atoms with Crippen molar-refractivity contribution in [2.75, 3.05) is 44.7 Å². The molecule has 0 spiro atoms. The number of rotatable bonds is 8. The first kappa shape index (κ1) is 28.7. The average Bonchev–Trinajstić information content (AvgIpc) is 3.49. The highest BCUT2D eigenvalue weighted by atomic mass is 32.1. The summed E-state index contributed by atoms with van der Waals surface area (Å²) >= 11 is 1.62. The number of piperazine rings is 1. The van der Waals surface area contributed by atoms with Gasteiger partial charge in [0, 0.05) is 50.7 Å². The SMILES string of the molecule is Cc1ccc(OCc2ccc(CN3CCN(C)C(=O)C3)cc2C)c(-c2csc(N3C[C@H]4CC[C@@H](C3)C4(C)C(=O)O)n2)c1. The smallest absolute Gasteiger partial charge is 0.310 e. The maximum atomic E-state index is 12.1. The van der Waals surface area contributed by atoms with E-state index in [2.05, 4.69) is 59.4 Å². The van der Waals surface area contributed by atoms with Gasteiger partial charge < -0.3 is 19.6 Å². The fourth-order valence-corrected chi connectivity index (χ4v) is 7.73. The van der Waals surface area contributed by atoms with Gasteiger partial charge in [-0.2, -0.15) is 0 Å². The Hall–Kier alpha value is -3.43. The van der Waals surface area contributed by atoms with Crippen LogP contribution in [-0.4, -0.2) is 71.5 Å². The maximum Gasteiger partial charge on any atom is 0.310 e. The number of ether oxygens (including phenoxy) is 1. The van der Waals surface area contributed by atoms with Crippen molar-refractivity contribution in [1.29, 1.82) is 0 Å². The number of hydrogen-bond acceptors (Lipinski definition) is 7. The third-order valence-corrected chi connectivity index (χ3v) is 10.7. The molecule has 2 saturated heterocycles. The predicted molar refractivity (Wildman–Crippen MR) is 165 cm³/mol. The molecule has 9 heteroatoms. The van der Waals surface area contributed by atoms with Crippen molar-refractivity contribution >= 4 is 28.3 Å². The van der Waals surface area contributed by atoms with Gasteiger partial charge in [0.25, 0.3) is 0 Å². The Balaban J connectivity index is 1.14. The Labute approximate surface area is 251 Å². The summed E-state index contributed by atoms with van der Waals surface area (Å²) < 4.78 is 6.41. The number of carbonyl (C=O) groups is 2. The molecule has 0 radical (unpaired) electrons. The number of likely N-dealkylation sites (N-methyl/N-ethyl adjacent to an activating group) is 1. The van der Waals surface area contributed by atoms with Crippen molar-refractivity contribution in [2.24, 2.45) is 17.3 Å². The minimum absolute atomic E-state index is 0.151. The molecule has 6 rings (SSSR count). The lowest BCUT2D eigenvalue weighted by molar-refractivity contribution is -0.153. The normalized spacial score (nSPS) is 24.3. The molecule has 1 aromatic heterocycles. The van der Waals surface area contributed by atoms with E-state index in [0.29, 0.717) is 13.2 Å². The molecule has 8 nitrogen and oxygen atoms in total. The number of hydrogen-bond donors (Lipinski definition) is 1. The molecule has 3 atom stereocenters. The molecule has 3 aliphatic rings. The van der Waals surface area contributed by atoms with Crippen LogP contribution in [0.4, 0.5) is 5.13 Å². The van der Waals surface area contributed by atoms with Gasteiger partial charge in [-0.05, 0) is 74.3 Å². The number of carboxylic acids is 1. The van der Waals surface area contributed by atoms with E-state index in [1.165, 1.54) is 11.1 Å². The van der Waals surface area contributed by atoms with Crippen LogP contribution in [0.25, 0.3) is 11.3 Å². The summed E-state index contributed by atoms with van der Waals surface area (Å²) in [5, 5.41) is 13.0. The summed E-state index contributed by atoms with van der Waals surface area (Å²) in [6.07, 6.45) is 1.93. The quantitative estimate of drug-likeness (QED) is 0.386. The summed E-state index contributed by atoms with van der Waals surface area (Å²) in [6.45, 7) is 11.0. The van der Waals surface area contributed by atoms with Gasteiger partial charge >= 0.3 is 5.97 Å². The molecule has 222 valence electrons. The minimum atomic E-state index is -0.660. The van der Waals surface area contributed by atoms with Crippen molar-refractivity contribution in [3.63, 3.8) is 0 Å². The first-order valence-electron chi connectivity index (χ1n) is 14.8. The zero-order chi connectivity index (χ0) is 29.6. The number of aryl methyl sites for hydroxylation is 2. The van der Waals surface area contributed by atoms with E-state index in [4.69, 9.17) is 9.72 Å². The lowest BCUT2D eigenvalue weighted by Crippen LogP contribution is -2.51. The monoisotopic (exact) mass is 588 g/mol. The highest BCUT2D eigenvalue weighted by Crippen LogP contribution is 2.52. The van der Waals surface area contributed by atoms with Gasteiger partial charge in [0.1, 0.15) is 12.4 Å². The largest absolute Gasteiger partial charge is 0.488 e. The first-order valence-corrected chi connectivity index (χ1v) is 15.7. The topological polar surface area (TPSA) is 86.2 Å². The highest BCUT2D eigenvalue weighted by Gasteiger charge is 2.56. The summed E-state index contributed by atoms with van der Waals surface area (Å²) in [6, 6.07) is 12.7. The van der Waals surface area contributed by atoms with Crippen LogP contribution in [0.2, 0.25) is 0 Å². The second kappa shape index (κ2) is 11.3. The Bertz CT molecular complexity index is 1490. The van der Waals surface area contributed by atoms with Crippen LogP contribution in [-0.2, 0) is 22.7 Å². The highest BCUT2D eigenvalue weighted by molar-refractivity contribution is 7.14. The first-order chi connectivity index (χ1) is 20.1. The number of fused-ring (bicyclic) bond motifs is 2. The van der Waals surface area contributed by atoms with E-state index in [1.54, 1.807) is 16.2 Å². The number of anilines is 1. The second-order valence-corrected chi connectivity index (χ2v) is 13.4. The number of aliphatic carboxylic acids is 1. The zero-order valence-corrected chi connectivity index (χ0v) is 25.7. The maximum absolute atomic E-state index is 12.1. The van der Waals surface area contributed by atoms with E-state index in [1.807, 2.05) is 20.0 Å². The molecule has 3 fully saturated rings.